The second kappa shape index (κ2) is 10.4. The number of amides is 1. The SMILES string of the molecule is CC(C)CCN1CCc2cc(-c3cccc(C(N)=O)c3)ccc2C1.O=C(O)C(F)(F)F. The van der Waals surface area contributed by atoms with Gasteiger partial charge in [-0.05, 0) is 59.7 Å². The maximum absolute atomic E-state index is 11.4. The molecular formula is C23H27F3N2O3. The maximum atomic E-state index is 11.4. The van der Waals surface area contributed by atoms with Gasteiger partial charge < -0.3 is 10.8 Å². The molecule has 8 heteroatoms. The zero-order chi connectivity index (χ0) is 23.2. The van der Waals surface area contributed by atoms with E-state index in [9.17, 15) is 18.0 Å². The predicted octanol–water partition coefficient (Wildman–Crippen LogP) is 4.49. The molecule has 1 heterocycles. The van der Waals surface area contributed by atoms with Crippen molar-refractivity contribution in [2.75, 3.05) is 13.1 Å². The van der Waals surface area contributed by atoms with E-state index < -0.39 is 12.1 Å². The molecule has 0 atom stereocenters. The maximum Gasteiger partial charge on any atom is 0.490 e. The number of nitrogens with two attached hydrogens (primary N) is 1. The Hall–Kier alpha value is -2.87. The lowest BCUT2D eigenvalue weighted by Crippen LogP contribution is -2.31. The van der Waals surface area contributed by atoms with E-state index in [2.05, 4.69) is 36.9 Å². The minimum Gasteiger partial charge on any atom is -0.475 e. The fourth-order valence-electron chi connectivity index (χ4n) is 3.27. The summed E-state index contributed by atoms with van der Waals surface area (Å²) in [5, 5.41) is 7.12. The highest BCUT2D eigenvalue weighted by atomic mass is 19.4. The van der Waals surface area contributed by atoms with Gasteiger partial charge in [-0.3, -0.25) is 9.69 Å². The van der Waals surface area contributed by atoms with Crippen LogP contribution >= 0.6 is 0 Å². The molecule has 2 aromatic rings. The predicted molar refractivity (Wildman–Crippen MR) is 113 cm³/mol. The van der Waals surface area contributed by atoms with Crippen molar-refractivity contribution in [1.82, 2.24) is 4.90 Å². The number of rotatable bonds is 5. The molecular weight excluding hydrogens is 409 g/mol. The number of aliphatic carboxylic acids is 1. The van der Waals surface area contributed by atoms with E-state index >= 15 is 0 Å². The summed E-state index contributed by atoms with van der Waals surface area (Å²) >= 11 is 0. The Kier molecular flexibility index (Phi) is 8.21. The van der Waals surface area contributed by atoms with Crippen molar-refractivity contribution in [2.45, 2.75) is 39.4 Å². The molecule has 0 radical (unpaired) electrons. The zero-order valence-electron chi connectivity index (χ0n) is 17.6. The van der Waals surface area contributed by atoms with Gasteiger partial charge in [-0.25, -0.2) is 4.79 Å². The molecule has 3 rings (SSSR count). The Morgan fingerprint density at radius 1 is 1.10 bits per heavy atom. The lowest BCUT2D eigenvalue weighted by Gasteiger charge is -2.29. The molecule has 0 aromatic heterocycles. The molecule has 0 bridgehead atoms. The second-order valence-electron chi connectivity index (χ2n) is 7.94. The van der Waals surface area contributed by atoms with Crippen LogP contribution < -0.4 is 5.73 Å². The highest BCUT2D eigenvalue weighted by molar-refractivity contribution is 5.94. The largest absolute Gasteiger partial charge is 0.490 e. The lowest BCUT2D eigenvalue weighted by atomic mass is 9.93. The van der Waals surface area contributed by atoms with Crippen LogP contribution in [-0.4, -0.2) is 41.1 Å². The number of benzene rings is 2. The molecule has 0 spiro atoms. The monoisotopic (exact) mass is 436 g/mol. The molecule has 0 saturated heterocycles. The Labute approximate surface area is 179 Å². The molecule has 168 valence electrons. The van der Waals surface area contributed by atoms with Gasteiger partial charge in [0.05, 0.1) is 0 Å². The van der Waals surface area contributed by atoms with Gasteiger partial charge in [0.25, 0.3) is 0 Å². The van der Waals surface area contributed by atoms with Crippen molar-refractivity contribution in [3.8, 4) is 11.1 Å². The number of hydrogen-bond donors (Lipinski definition) is 2. The number of carbonyl (C=O) groups excluding carboxylic acids is 1. The number of carboxylic acids is 1. The second-order valence-corrected chi connectivity index (χ2v) is 7.94. The first kappa shape index (κ1) is 24.4. The first-order chi connectivity index (χ1) is 14.5. The highest BCUT2D eigenvalue weighted by Crippen LogP contribution is 2.27. The third-order valence-corrected chi connectivity index (χ3v) is 5.04. The van der Waals surface area contributed by atoms with Crippen LogP contribution in [0.4, 0.5) is 13.2 Å². The highest BCUT2D eigenvalue weighted by Gasteiger charge is 2.38. The van der Waals surface area contributed by atoms with Crippen LogP contribution in [-0.2, 0) is 17.8 Å². The van der Waals surface area contributed by atoms with Crippen LogP contribution in [0.2, 0.25) is 0 Å². The quantitative estimate of drug-likeness (QED) is 0.723. The zero-order valence-corrected chi connectivity index (χ0v) is 17.6. The van der Waals surface area contributed by atoms with Gasteiger partial charge in [0.2, 0.25) is 5.91 Å². The van der Waals surface area contributed by atoms with Crippen molar-refractivity contribution in [3.05, 3.63) is 59.2 Å². The summed E-state index contributed by atoms with van der Waals surface area (Å²) in [5.74, 6) is -2.38. The van der Waals surface area contributed by atoms with Crippen molar-refractivity contribution < 1.29 is 27.9 Å². The summed E-state index contributed by atoms with van der Waals surface area (Å²) in [4.78, 5) is 22.8. The van der Waals surface area contributed by atoms with Crippen LogP contribution in [0.5, 0.6) is 0 Å². The third kappa shape index (κ3) is 7.40. The van der Waals surface area contributed by atoms with Crippen molar-refractivity contribution in [3.63, 3.8) is 0 Å². The number of halogens is 3. The van der Waals surface area contributed by atoms with Gasteiger partial charge in [0, 0.05) is 18.7 Å². The van der Waals surface area contributed by atoms with Gasteiger partial charge in [-0.2, -0.15) is 13.2 Å². The number of primary amides is 1. The van der Waals surface area contributed by atoms with Gasteiger partial charge in [0.1, 0.15) is 0 Å². The fraction of sp³-hybridized carbons (Fsp3) is 0.391. The van der Waals surface area contributed by atoms with Gasteiger partial charge in [0.15, 0.2) is 0 Å². The smallest absolute Gasteiger partial charge is 0.475 e. The summed E-state index contributed by atoms with van der Waals surface area (Å²) in [6.07, 6.45) is -2.73. The molecule has 31 heavy (non-hydrogen) atoms. The molecule has 1 aliphatic rings. The molecule has 1 aliphatic heterocycles. The molecule has 3 N–H and O–H groups in total. The standard InChI is InChI=1S/C21H26N2O.C2HF3O2/c1-15(2)8-10-23-11-9-18-12-17(6-7-20(18)14-23)16-4-3-5-19(13-16)21(22)24;3-2(4,5)1(6)7/h3-7,12-13,15H,8-11,14H2,1-2H3,(H2,22,24);(H,6,7). The normalized spacial score (nSPS) is 13.9. The number of nitrogens with zero attached hydrogens (tertiary/aromatic N) is 1. The summed E-state index contributed by atoms with van der Waals surface area (Å²) in [7, 11) is 0. The number of alkyl halides is 3. The molecule has 5 nitrogen and oxygen atoms in total. The number of carbonyl (C=O) groups is 2. The van der Waals surface area contributed by atoms with Crippen LogP contribution in [0.15, 0.2) is 42.5 Å². The van der Waals surface area contributed by atoms with E-state index in [1.165, 1.54) is 24.1 Å². The van der Waals surface area contributed by atoms with E-state index in [0.717, 1.165) is 36.6 Å². The van der Waals surface area contributed by atoms with Crippen molar-refractivity contribution in [1.29, 1.82) is 0 Å². The molecule has 0 saturated carbocycles. The first-order valence-corrected chi connectivity index (χ1v) is 10.0. The van der Waals surface area contributed by atoms with Crippen LogP contribution in [0, 0.1) is 5.92 Å². The average molecular weight is 436 g/mol. The molecule has 0 aliphatic carbocycles. The fourth-order valence-corrected chi connectivity index (χ4v) is 3.27. The molecule has 0 unspecified atom stereocenters. The van der Waals surface area contributed by atoms with E-state index in [1.807, 2.05) is 18.2 Å². The molecule has 1 amide bonds. The van der Waals surface area contributed by atoms with Crippen LogP contribution in [0.25, 0.3) is 11.1 Å². The summed E-state index contributed by atoms with van der Waals surface area (Å²) in [5.41, 5.74) is 11.0. The Morgan fingerprint density at radius 3 is 2.32 bits per heavy atom. The Morgan fingerprint density at radius 2 is 1.74 bits per heavy atom. The molecule has 2 aromatic carbocycles. The van der Waals surface area contributed by atoms with Crippen molar-refractivity contribution >= 4 is 11.9 Å². The van der Waals surface area contributed by atoms with Gasteiger partial charge in [-0.15, -0.1) is 0 Å². The lowest BCUT2D eigenvalue weighted by molar-refractivity contribution is -0.192. The van der Waals surface area contributed by atoms with Gasteiger partial charge >= 0.3 is 12.1 Å². The minimum absolute atomic E-state index is 0.379. The van der Waals surface area contributed by atoms with E-state index in [1.54, 1.807) is 6.07 Å². The minimum atomic E-state index is -5.08. The number of hydrogen-bond acceptors (Lipinski definition) is 3. The Bertz CT molecular complexity index is 927. The first-order valence-electron chi connectivity index (χ1n) is 10.0. The summed E-state index contributed by atoms with van der Waals surface area (Å²) in [6, 6.07) is 14.2. The number of fused-ring (bicyclic) bond motifs is 1. The van der Waals surface area contributed by atoms with Gasteiger partial charge in [-0.1, -0.05) is 44.2 Å². The average Bonchev–Trinajstić information content (AvgIpc) is 2.71. The third-order valence-electron chi connectivity index (χ3n) is 5.04. The number of carboxylic acid groups (broad SMARTS) is 1. The summed E-state index contributed by atoms with van der Waals surface area (Å²) in [6.45, 7) is 7.92. The van der Waals surface area contributed by atoms with Crippen LogP contribution in [0.3, 0.4) is 0 Å². The topological polar surface area (TPSA) is 83.6 Å². The van der Waals surface area contributed by atoms with Crippen LogP contribution in [0.1, 0.15) is 41.8 Å². The molecule has 0 fully saturated rings. The Balaban J connectivity index is 0.000000423. The van der Waals surface area contributed by atoms with Crippen molar-refractivity contribution in [2.24, 2.45) is 11.7 Å². The van der Waals surface area contributed by atoms with E-state index in [-0.39, 0.29) is 5.91 Å². The van der Waals surface area contributed by atoms with E-state index in [0.29, 0.717) is 5.56 Å². The van der Waals surface area contributed by atoms with E-state index in [4.69, 9.17) is 15.6 Å². The summed E-state index contributed by atoms with van der Waals surface area (Å²) < 4.78 is 31.7.